The number of nitrogens with zero attached hydrogens (tertiary/aromatic N) is 1. The molecule has 2 aliphatic rings. The quantitative estimate of drug-likeness (QED) is 0.684. The third kappa shape index (κ3) is 4.87. The average Bonchev–Trinajstić information content (AvgIpc) is 3.40. The molecule has 3 amide bonds. The predicted molar refractivity (Wildman–Crippen MR) is 115 cm³/mol. The van der Waals surface area contributed by atoms with Crippen LogP contribution in [0, 0.1) is 0 Å². The molecule has 7 heteroatoms. The second-order valence-electron chi connectivity index (χ2n) is 7.91. The van der Waals surface area contributed by atoms with Gasteiger partial charge >= 0.3 is 0 Å². The predicted octanol–water partition coefficient (Wildman–Crippen LogP) is 3.92. The topological polar surface area (TPSA) is 84.9 Å². The smallest absolute Gasteiger partial charge is 0.255 e. The van der Waals surface area contributed by atoms with Gasteiger partial charge in [-0.05, 0) is 55.5 Å². The standard InChI is InChI=1S/C24H26N2O5/c1-30-20-11-10-18(14-21(20)31-19-4-2-3-5-19)25-24(29)17-8-6-16(7-9-17)15-26-22(27)12-13-23(26)28/h6-11,14,19H,2-5,12-13,15H2,1H3,(H,25,29). The first-order valence-corrected chi connectivity index (χ1v) is 10.6. The number of anilines is 1. The van der Waals surface area contributed by atoms with E-state index in [-0.39, 0.29) is 43.2 Å². The molecule has 0 spiro atoms. The van der Waals surface area contributed by atoms with Crippen LogP contribution in [-0.4, -0.2) is 35.8 Å². The van der Waals surface area contributed by atoms with E-state index in [1.54, 1.807) is 49.6 Å². The number of imide groups is 1. The van der Waals surface area contributed by atoms with Crippen LogP contribution in [0.3, 0.4) is 0 Å². The summed E-state index contributed by atoms with van der Waals surface area (Å²) in [6, 6.07) is 12.2. The molecule has 2 aromatic carbocycles. The largest absolute Gasteiger partial charge is 0.493 e. The molecule has 0 atom stereocenters. The van der Waals surface area contributed by atoms with Crippen LogP contribution in [0.15, 0.2) is 42.5 Å². The normalized spacial score (nSPS) is 16.6. The molecular formula is C24H26N2O5. The Bertz CT molecular complexity index is 964. The minimum Gasteiger partial charge on any atom is -0.493 e. The van der Waals surface area contributed by atoms with Gasteiger partial charge in [-0.2, -0.15) is 0 Å². The lowest BCUT2D eigenvalue weighted by molar-refractivity contribution is -0.139. The fraction of sp³-hybridized carbons (Fsp3) is 0.375. The molecule has 162 valence electrons. The van der Waals surface area contributed by atoms with Crippen molar-refractivity contribution in [2.45, 2.75) is 51.2 Å². The van der Waals surface area contributed by atoms with Crippen molar-refractivity contribution in [3.63, 3.8) is 0 Å². The number of hydrogen-bond donors (Lipinski definition) is 1. The molecular weight excluding hydrogens is 396 g/mol. The summed E-state index contributed by atoms with van der Waals surface area (Å²) in [4.78, 5) is 37.5. The van der Waals surface area contributed by atoms with E-state index in [1.807, 2.05) is 0 Å². The second-order valence-corrected chi connectivity index (χ2v) is 7.91. The molecule has 31 heavy (non-hydrogen) atoms. The summed E-state index contributed by atoms with van der Waals surface area (Å²) in [5.41, 5.74) is 1.91. The first-order valence-electron chi connectivity index (χ1n) is 10.6. The van der Waals surface area contributed by atoms with E-state index in [4.69, 9.17) is 9.47 Å². The molecule has 1 saturated carbocycles. The van der Waals surface area contributed by atoms with Crippen LogP contribution >= 0.6 is 0 Å². The number of ether oxygens (including phenoxy) is 2. The monoisotopic (exact) mass is 422 g/mol. The van der Waals surface area contributed by atoms with Crippen LogP contribution in [0.1, 0.15) is 54.4 Å². The van der Waals surface area contributed by atoms with Gasteiger partial charge in [0, 0.05) is 30.2 Å². The minimum absolute atomic E-state index is 0.151. The number of likely N-dealkylation sites (tertiary alicyclic amines) is 1. The zero-order valence-corrected chi connectivity index (χ0v) is 17.6. The van der Waals surface area contributed by atoms with Gasteiger partial charge in [-0.25, -0.2) is 0 Å². The zero-order valence-electron chi connectivity index (χ0n) is 17.6. The van der Waals surface area contributed by atoms with Crippen LogP contribution in [0.2, 0.25) is 0 Å². The first-order chi connectivity index (χ1) is 15.0. The maximum Gasteiger partial charge on any atom is 0.255 e. The lowest BCUT2D eigenvalue weighted by Crippen LogP contribution is -2.28. The van der Waals surface area contributed by atoms with Crippen molar-refractivity contribution in [2.24, 2.45) is 0 Å². The Morgan fingerprint density at radius 3 is 2.32 bits per heavy atom. The molecule has 7 nitrogen and oxygen atoms in total. The maximum absolute atomic E-state index is 12.7. The Hall–Kier alpha value is -3.35. The SMILES string of the molecule is COc1ccc(NC(=O)c2ccc(CN3C(=O)CCC3=O)cc2)cc1OC1CCCC1. The van der Waals surface area contributed by atoms with Gasteiger partial charge < -0.3 is 14.8 Å². The summed E-state index contributed by atoms with van der Waals surface area (Å²) >= 11 is 0. The van der Waals surface area contributed by atoms with Gasteiger partial charge in [0.05, 0.1) is 19.8 Å². The Labute approximate surface area is 181 Å². The number of methoxy groups -OCH3 is 1. The molecule has 0 radical (unpaired) electrons. The number of amides is 3. The minimum atomic E-state index is -0.253. The first kappa shape index (κ1) is 20.9. The highest BCUT2D eigenvalue weighted by molar-refractivity contribution is 6.04. The van der Waals surface area contributed by atoms with Crippen molar-refractivity contribution in [3.05, 3.63) is 53.6 Å². The van der Waals surface area contributed by atoms with Gasteiger partial charge in [0.15, 0.2) is 11.5 Å². The van der Waals surface area contributed by atoms with E-state index in [0.29, 0.717) is 22.7 Å². The Kier molecular flexibility index (Phi) is 6.21. The molecule has 4 rings (SSSR count). The molecule has 0 unspecified atom stereocenters. The van der Waals surface area contributed by atoms with Crippen LogP contribution in [-0.2, 0) is 16.1 Å². The molecule has 1 aliphatic carbocycles. The van der Waals surface area contributed by atoms with E-state index >= 15 is 0 Å². The Balaban J connectivity index is 1.41. The molecule has 0 aromatic heterocycles. The molecule has 1 aliphatic heterocycles. The van der Waals surface area contributed by atoms with Gasteiger partial charge in [-0.1, -0.05) is 12.1 Å². The van der Waals surface area contributed by atoms with Crippen LogP contribution in [0.4, 0.5) is 5.69 Å². The van der Waals surface area contributed by atoms with E-state index in [1.165, 1.54) is 17.7 Å². The average molecular weight is 422 g/mol. The number of rotatable bonds is 7. The van der Waals surface area contributed by atoms with E-state index in [9.17, 15) is 14.4 Å². The van der Waals surface area contributed by atoms with Gasteiger partial charge in [-0.15, -0.1) is 0 Å². The van der Waals surface area contributed by atoms with Crippen LogP contribution in [0.25, 0.3) is 0 Å². The molecule has 1 saturated heterocycles. The molecule has 0 bridgehead atoms. The highest BCUT2D eigenvalue weighted by atomic mass is 16.5. The van der Waals surface area contributed by atoms with E-state index in [0.717, 1.165) is 18.4 Å². The van der Waals surface area contributed by atoms with Crippen LogP contribution < -0.4 is 14.8 Å². The fourth-order valence-electron chi connectivity index (χ4n) is 3.98. The Morgan fingerprint density at radius 1 is 1.00 bits per heavy atom. The number of benzene rings is 2. The summed E-state index contributed by atoms with van der Waals surface area (Å²) in [6.45, 7) is 0.236. The molecule has 1 heterocycles. The van der Waals surface area contributed by atoms with E-state index in [2.05, 4.69) is 5.32 Å². The summed E-state index contributed by atoms with van der Waals surface area (Å²) in [5, 5.41) is 2.89. The molecule has 1 N–H and O–H groups in total. The van der Waals surface area contributed by atoms with Gasteiger partial charge in [-0.3, -0.25) is 19.3 Å². The summed E-state index contributed by atoms with van der Waals surface area (Å²) in [5.74, 6) is 0.712. The number of carbonyl (C=O) groups is 3. The zero-order chi connectivity index (χ0) is 21.8. The fourth-order valence-corrected chi connectivity index (χ4v) is 3.98. The number of hydrogen-bond acceptors (Lipinski definition) is 5. The van der Waals surface area contributed by atoms with Crippen molar-refractivity contribution >= 4 is 23.4 Å². The van der Waals surface area contributed by atoms with Crippen molar-refractivity contribution in [3.8, 4) is 11.5 Å². The van der Waals surface area contributed by atoms with E-state index < -0.39 is 0 Å². The Morgan fingerprint density at radius 2 is 1.68 bits per heavy atom. The summed E-state index contributed by atoms with van der Waals surface area (Å²) < 4.78 is 11.5. The van der Waals surface area contributed by atoms with Crippen molar-refractivity contribution < 1.29 is 23.9 Å². The van der Waals surface area contributed by atoms with Crippen LogP contribution in [0.5, 0.6) is 11.5 Å². The van der Waals surface area contributed by atoms with Gasteiger partial charge in [0.25, 0.3) is 5.91 Å². The lowest BCUT2D eigenvalue weighted by atomic mass is 10.1. The summed E-state index contributed by atoms with van der Waals surface area (Å²) in [7, 11) is 1.60. The van der Waals surface area contributed by atoms with Crippen molar-refractivity contribution in [1.82, 2.24) is 4.90 Å². The van der Waals surface area contributed by atoms with Crippen molar-refractivity contribution in [1.29, 1.82) is 0 Å². The lowest BCUT2D eigenvalue weighted by Gasteiger charge is -2.17. The number of carbonyl (C=O) groups excluding carboxylic acids is 3. The third-order valence-electron chi connectivity index (χ3n) is 5.73. The summed E-state index contributed by atoms with van der Waals surface area (Å²) in [6.07, 6.45) is 5.11. The molecule has 2 fully saturated rings. The highest BCUT2D eigenvalue weighted by Gasteiger charge is 2.28. The second kappa shape index (κ2) is 9.20. The van der Waals surface area contributed by atoms with Gasteiger partial charge in [0.2, 0.25) is 11.8 Å². The maximum atomic E-state index is 12.7. The highest BCUT2D eigenvalue weighted by Crippen LogP contribution is 2.34. The third-order valence-corrected chi connectivity index (χ3v) is 5.73. The number of nitrogens with one attached hydrogen (secondary N) is 1. The van der Waals surface area contributed by atoms with Crippen molar-refractivity contribution in [2.75, 3.05) is 12.4 Å². The molecule has 2 aromatic rings. The van der Waals surface area contributed by atoms with Gasteiger partial charge in [0.1, 0.15) is 0 Å².